The first kappa shape index (κ1) is 14.2. The number of nitrogens with zero attached hydrogens (tertiary/aromatic N) is 2. The molecule has 0 atom stereocenters. The maximum Gasteiger partial charge on any atom is 0.214 e. The molecule has 18 heavy (non-hydrogen) atoms. The molecule has 1 N–H and O–H groups in total. The number of sulfonamides is 1. The van der Waals surface area contributed by atoms with E-state index in [1.165, 1.54) is 12.8 Å². The highest BCUT2D eigenvalue weighted by molar-refractivity contribution is 7.89. The van der Waals surface area contributed by atoms with Crippen LogP contribution in [0, 0.1) is 0 Å². The van der Waals surface area contributed by atoms with E-state index >= 15 is 0 Å². The average Bonchev–Trinajstić information content (AvgIpc) is 3.19. The number of piperazine rings is 1. The molecular weight excluding hydrogens is 250 g/mol. The van der Waals surface area contributed by atoms with Crippen molar-refractivity contribution < 1.29 is 8.42 Å². The predicted molar refractivity (Wildman–Crippen MR) is 73.1 cm³/mol. The van der Waals surface area contributed by atoms with Gasteiger partial charge in [0.15, 0.2) is 0 Å². The van der Waals surface area contributed by atoms with Crippen molar-refractivity contribution in [2.24, 2.45) is 0 Å². The van der Waals surface area contributed by atoms with Crippen molar-refractivity contribution in [2.45, 2.75) is 32.2 Å². The Morgan fingerprint density at radius 2 is 1.83 bits per heavy atom. The van der Waals surface area contributed by atoms with Gasteiger partial charge in [-0.25, -0.2) is 8.42 Å². The molecule has 2 fully saturated rings. The van der Waals surface area contributed by atoms with E-state index in [0.717, 1.165) is 32.2 Å². The van der Waals surface area contributed by atoms with Crippen LogP contribution >= 0.6 is 0 Å². The first-order chi connectivity index (χ1) is 8.63. The van der Waals surface area contributed by atoms with Gasteiger partial charge in [-0.3, -0.25) is 4.90 Å². The van der Waals surface area contributed by atoms with E-state index in [0.29, 0.717) is 19.5 Å². The lowest BCUT2D eigenvalue weighted by Crippen LogP contribution is -2.49. The summed E-state index contributed by atoms with van der Waals surface area (Å²) in [7, 11) is -3.03. The third-order valence-electron chi connectivity index (χ3n) is 3.74. The summed E-state index contributed by atoms with van der Waals surface area (Å²) in [6.07, 6.45) is 3.31. The fourth-order valence-electron chi connectivity index (χ4n) is 2.47. The first-order valence-corrected chi connectivity index (χ1v) is 8.67. The molecular formula is C12H25N3O2S. The van der Waals surface area contributed by atoms with Gasteiger partial charge < -0.3 is 5.32 Å². The second kappa shape index (κ2) is 6.32. The van der Waals surface area contributed by atoms with Crippen LogP contribution in [0.5, 0.6) is 0 Å². The maximum absolute atomic E-state index is 12.1. The molecule has 0 aromatic heterocycles. The Morgan fingerprint density at radius 3 is 2.39 bits per heavy atom. The van der Waals surface area contributed by atoms with Gasteiger partial charge in [0.1, 0.15) is 0 Å². The van der Waals surface area contributed by atoms with Crippen LogP contribution in [-0.4, -0.2) is 68.7 Å². The van der Waals surface area contributed by atoms with Crippen molar-refractivity contribution in [1.82, 2.24) is 14.5 Å². The smallest absolute Gasteiger partial charge is 0.214 e. The van der Waals surface area contributed by atoms with Crippen molar-refractivity contribution in [3.63, 3.8) is 0 Å². The Bertz CT molecular complexity index is 346. The van der Waals surface area contributed by atoms with Crippen molar-refractivity contribution in [3.8, 4) is 0 Å². The minimum absolute atomic E-state index is 0.281. The first-order valence-electron chi connectivity index (χ1n) is 7.06. The Balaban J connectivity index is 1.72. The van der Waals surface area contributed by atoms with Crippen LogP contribution in [0.3, 0.4) is 0 Å². The van der Waals surface area contributed by atoms with Crippen molar-refractivity contribution in [3.05, 3.63) is 0 Å². The lowest BCUT2D eigenvalue weighted by atomic mass is 10.3. The van der Waals surface area contributed by atoms with E-state index < -0.39 is 10.0 Å². The fourth-order valence-corrected chi connectivity index (χ4v) is 3.96. The zero-order valence-electron chi connectivity index (χ0n) is 11.3. The number of nitrogens with one attached hydrogen (secondary N) is 1. The highest BCUT2D eigenvalue weighted by Gasteiger charge is 2.33. The molecule has 1 aliphatic heterocycles. The van der Waals surface area contributed by atoms with Gasteiger partial charge in [-0.15, -0.1) is 0 Å². The fraction of sp³-hybridized carbons (Fsp3) is 1.00. The quantitative estimate of drug-likeness (QED) is 0.669. The lowest BCUT2D eigenvalue weighted by molar-refractivity contribution is 0.180. The molecule has 6 heteroatoms. The second-order valence-corrected chi connectivity index (χ2v) is 7.28. The van der Waals surface area contributed by atoms with Crippen molar-refractivity contribution in [1.29, 1.82) is 0 Å². The van der Waals surface area contributed by atoms with E-state index in [4.69, 9.17) is 0 Å². The molecule has 2 aliphatic rings. The molecule has 0 aromatic carbocycles. The van der Waals surface area contributed by atoms with Crippen LogP contribution in [-0.2, 0) is 10.0 Å². The molecule has 2 rings (SSSR count). The van der Waals surface area contributed by atoms with Gasteiger partial charge in [0.2, 0.25) is 10.0 Å². The molecule has 0 bridgehead atoms. The summed E-state index contributed by atoms with van der Waals surface area (Å²) in [5, 5.41) is 3.16. The molecule has 0 spiro atoms. The number of hydrogen-bond donors (Lipinski definition) is 1. The van der Waals surface area contributed by atoms with Gasteiger partial charge in [-0.1, -0.05) is 6.92 Å². The van der Waals surface area contributed by atoms with E-state index in [1.807, 2.05) is 6.92 Å². The highest BCUT2D eigenvalue weighted by Crippen LogP contribution is 2.27. The summed E-state index contributed by atoms with van der Waals surface area (Å²) < 4.78 is 25.9. The molecule has 1 heterocycles. The van der Waals surface area contributed by atoms with Crippen LogP contribution < -0.4 is 5.32 Å². The van der Waals surface area contributed by atoms with Crippen LogP contribution in [0.2, 0.25) is 0 Å². The SMILES string of the molecule is CCNCCCS(=O)(=O)N1CCN(C2CC2)CC1. The van der Waals surface area contributed by atoms with Crippen LogP contribution in [0.15, 0.2) is 0 Å². The van der Waals surface area contributed by atoms with Crippen molar-refractivity contribution in [2.75, 3.05) is 45.0 Å². The Morgan fingerprint density at radius 1 is 1.17 bits per heavy atom. The van der Waals surface area contributed by atoms with E-state index in [1.54, 1.807) is 4.31 Å². The second-order valence-electron chi connectivity index (χ2n) is 5.19. The Hall–Kier alpha value is -0.170. The minimum atomic E-state index is -3.03. The summed E-state index contributed by atoms with van der Waals surface area (Å²) in [5.74, 6) is 0.281. The monoisotopic (exact) mass is 275 g/mol. The van der Waals surface area contributed by atoms with Crippen LogP contribution in [0.25, 0.3) is 0 Å². The molecule has 5 nitrogen and oxygen atoms in total. The van der Waals surface area contributed by atoms with Crippen LogP contribution in [0.1, 0.15) is 26.2 Å². The summed E-state index contributed by atoms with van der Waals surface area (Å²) in [5.41, 5.74) is 0. The molecule has 1 saturated carbocycles. The van der Waals surface area contributed by atoms with Gasteiger partial charge in [0, 0.05) is 32.2 Å². The number of hydrogen-bond acceptors (Lipinski definition) is 4. The third-order valence-corrected chi connectivity index (χ3v) is 5.69. The van der Waals surface area contributed by atoms with E-state index in [-0.39, 0.29) is 5.75 Å². The molecule has 1 saturated heterocycles. The van der Waals surface area contributed by atoms with Crippen LogP contribution in [0.4, 0.5) is 0 Å². The topological polar surface area (TPSA) is 52.7 Å². The molecule has 0 aromatic rings. The third kappa shape index (κ3) is 3.91. The van der Waals surface area contributed by atoms with Gasteiger partial charge in [-0.2, -0.15) is 4.31 Å². The van der Waals surface area contributed by atoms with Gasteiger partial charge in [0.05, 0.1) is 5.75 Å². The molecule has 0 amide bonds. The van der Waals surface area contributed by atoms with Gasteiger partial charge >= 0.3 is 0 Å². The lowest BCUT2D eigenvalue weighted by Gasteiger charge is -2.34. The zero-order valence-corrected chi connectivity index (χ0v) is 12.1. The molecule has 0 radical (unpaired) electrons. The highest BCUT2D eigenvalue weighted by atomic mass is 32.2. The Labute approximate surface area is 111 Å². The minimum Gasteiger partial charge on any atom is -0.317 e. The van der Waals surface area contributed by atoms with E-state index in [9.17, 15) is 8.42 Å². The maximum atomic E-state index is 12.1. The van der Waals surface area contributed by atoms with E-state index in [2.05, 4.69) is 10.2 Å². The molecule has 1 aliphatic carbocycles. The standard InChI is InChI=1S/C12H25N3O2S/c1-2-13-6-3-11-18(16,17)15-9-7-14(8-10-15)12-4-5-12/h12-13H,2-11H2,1H3. The van der Waals surface area contributed by atoms with Gasteiger partial charge in [0.25, 0.3) is 0 Å². The largest absolute Gasteiger partial charge is 0.317 e. The zero-order chi connectivity index (χ0) is 13.0. The Kier molecular flexibility index (Phi) is 5.00. The summed E-state index contributed by atoms with van der Waals surface area (Å²) >= 11 is 0. The summed E-state index contributed by atoms with van der Waals surface area (Å²) in [6.45, 7) is 6.91. The normalized spacial score (nSPS) is 23.4. The molecule has 0 unspecified atom stereocenters. The predicted octanol–water partition coefficient (Wildman–Crippen LogP) is 0.0958. The average molecular weight is 275 g/mol. The number of rotatable bonds is 7. The van der Waals surface area contributed by atoms with Gasteiger partial charge in [-0.05, 0) is 32.4 Å². The molecule has 106 valence electrons. The summed E-state index contributed by atoms with van der Waals surface area (Å²) in [6, 6.07) is 0.753. The van der Waals surface area contributed by atoms with Crippen molar-refractivity contribution >= 4 is 10.0 Å². The summed E-state index contributed by atoms with van der Waals surface area (Å²) in [4.78, 5) is 2.44.